The lowest BCUT2D eigenvalue weighted by atomic mass is 9.85. The third kappa shape index (κ3) is 2.06. The number of thioether (sulfide) groups is 1. The molecule has 1 N–H and O–H groups in total. The van der Waals surface area contributed by atoms with Crippen molar-refractivity contribution in [3.63, 3.8) is 0 Å². The highest BCUT2D eigenvalue weighted by Crippen LogP contribution is 2.48. The summed E-state index contributed by atoms with van der Waals surface area (Å²) < 4.78 is 5.86. The van der Waals surface area contributed by atoms with E-state index in [0.717, 1.165) is 11.3 Å². The lowest BCUT2D eigenvalue weighted by Crippen LogP contribution is -2.22. The summed E-state index contributed by atoms with van der Waals surface area (Å²) in [6.45, 7) is 8.33. The zero-order chi connectivity index (χ0) is 12.0. The minimum absolute atomic E-state index is 0.141. The van der Waals surface area contributed by atoms with Crippen LogP contribution < -0.4 is 4.74 Å². The van der Waals surface area contributed by atoms with Gasteiger partial charge in [0, 0.05) is 5.41 Å². The molecule has 0 saturated heterocycles. The van der Waals surface area contributed by atoms with Crippen LogP contribution in [-0.2, 0) is 5.41 Å². The van der Waals surface area contributed by atoms with Crippen LogP contribution in [0.2, 0.25) is 0 Å². The SMILES string of the molecule is CC1(C)Oc2cc(C(C)(C)CO)ccc2S1. The van der Waals surface area contributed by atoms with Gasteiger partial charge in [0.15, 0.2) is 4.93 Å². The van der Waals surface area contributed by atoms with E-state index in [9.17, 15) is 5.11 Å². The number of aliphatic hydroxyl groups is 1. The van der Waals surface area contributed by atoms with E-state index in [4.69, 9.17) is 4.74 Å². The molecule has 1 aliphatic rings. The topological polar surface area (TPSA) is 29.5 Å². The van der Waals surface area contributed by atoms with E-state index in [1.165, 1.54) is 4.90 Å². The van der Waals surface area contributed by atoms with Gasteiger partial charge in [-0.3, -0.25) is 0 Å². The Morgan fingerprint density at radius 3 is 2.69 bits per heavy atom. The van der Waals surface area contributed by atoms with Crippen LogP contribution in [0.3, 0.4) is 0 Å². The second-order valence-corrected chi connectivity index (χ2v) is 6.93. The van der Waals surface area contributed by atoms with Gasteiger partial charge in [0.25, 0.3) is 0 Å². The summed E-state index contributed by atoms with van der Waals surface area (Å²) in [4.78, 5) is 1.01. The molecule has 0 bridgehead atoms. The second-order valence-electron chi connectivity index (χ2n) is 5.31. The van der Waals surface area contributed by atoms with Crippen LogP contribution in [0.1, 0.15) is 33.3 Å². The molecule has 0 saturated carbocycles. The van der Waals surface area contributed by atoms with Gasteiger partial charge in [-0.1, -0.05) is 31.7 Å². The highest BCUT2D eigenvalue weighted by Gasteiger charge is 2.32. The van der Waals surface area contributed by atoms with Gasteiger partial charge in [-0.15, -0.1) is 0 Å². The molecule has 1 aromatic rings. The zero-order valence-corrected chi connectivity index (χ0v) is 11.0. The highest BCUT2D eigenvalue weighted by atomic mass is 32.2. The van der Waals surface area contributed by atoms with E-state index in [1.807, 2.05) is 19.9 Å². The average Bonchev–Trinajstić information content (AvgIpc) is 2.50. The highest BCUT2D eigenvalue weighted by molar-refractivity contribution is 8.00. The van der Waals surface area contributed by atoms with Gasteiger partial charge >= 0.3 is 0 Å². The molecule has 0 atom stereocenters. The van der Waals surface area contributed by atoms with Crippen molar-refractivity contribution < 1.29 is 9.84 Å². The van der Waals surface area contributed by atoms with Crippen LogP contribution in [0.4, 0.5) is 0 Å². The van der Waals surface area contributed by atoms with Gasteiger partial charge in [0.2, 0.25) is 0 Å². The maximum absolute atomic E-state index is 9.35. The van der Waals surface area contributed by atoms with Crippen molar-refractivity contribution in [1.29, 1.82) is 0 Å². The molecule has 0 fully saturated rings. The predicted octanol–water partition coefficient (Wildman–Crippen LogP) is 3.18. The number of fused-ring (bicyclic) bond motifs is 1. The first-order valence-corrected chi connectivity index (χ1v) is 6.29. The van der Waals surface area contributed by atoms with Gasteiger partial charge in [0.1, 0.15) is 5.75 Å². The van der Waals surface area contributed by atoms with E-state index in [2.05, 4.69) is 26.0 Å². The van der Waals surface area contributed by atoms with Crippen molar-refractivity contribution in [2.75, 3.05) is 6.61 Å². The third-order valence-corrected chi connectivity index (χ3v) is 3.96. The molecule has 0 amide bonds. The van der Waals surface area contributed by atoms with Crippen molar-refractivity contribution in [3.05, 3.63) is 23.8 Å². The summed E-state index contributed by atoms with van der Waals surface area (Å²) in [5.74, 6) is 0.939. The monoisotopic (exact) mass is 238 g/mol. The van der Waals surface area contributed by atoms with Gasteiger partial charge in [-0.05, 0) is 31.5 Å². The van der Waals surface area contributed by atoms with Crippen LogP contribution in [0.15, 0.2) is 23.1 Å². The largest absolute Gasteiger partial charge is 0.476 e. The Balaban J connectivity index is 2.36. The van der Waals surface area contributed by atoms with E-state index in [-0.39, 0.29) is 17.0 Å². The van der Waals surface area contributed by atoms with Gasteiger partial charge in [-0.2, -0.15) is 0 Å². The molecular formula is C13H18O2S. The Bertz CT molecular complexity index is 410. The number of rotatable bonds is 2. The van der Waals surface area contributed by atoms with Crippen molar-refractivity contribution in [2.45, 2.75) is 42.9 Å². The minimum Gasteiger partial charge on any atom is -0.476 e. The van der Waals surface area contributed by atoms with Crippen molar-refractivity contribution >= 4 is 11.8 Å². The fraction of sp³-hybridized carbons (Fsp3) is 0.538. The Kier molecular flexibility index (Phi) is 2.71. The van der Waals surface area contributed by atoms with Crippen LogP contribution in [0.5, 0.6) is 5.75 Å². The molecule has 88 valence electrons. The third-order valence-electron chi connectivity index (χ3n) is 2.83. The Hall–Kier alpha value is -0.670. The van der Waals surface area contributed by atoms with E-state index in [0.29, 0.717) is 0 Å². The molecule has 2 rings (SSSR count). The summed E-state index contributed by atoms with van der Waals surface area (Å²) >= 11 is 1.74. The summed E-state index contributed by atoms with van der Waals surface area (Å²) in [6, 6.07) is 6.21. The van der Waals surface area contributed by atoms with Crippen molar-refractivity contribution in [2.24, 2.45) is 0 Å². The van der Waals surface area contributed by atoms with Gasteiger partial charge in [-0.25, -0.2) is 0 Å². The van der Waals surface area contributed by atoms with Crippen LogP contribution in [0.25, 0.3) is 0 Å². The average molecular weight is 238 g/mol. The number of benzene rings is 1. The molecule has 1 aromatic carbocycles. The quantitative estimate of drug-likeness (QED) is 0.858. The zero-order valence-electron chi connectivity index (χ0n) is 10.2. The second kappa shape index (κ2) is 3.67. The number of hydrogen-bond acceptors (Lipinski definition) is 3. The smallest absolute Gasteiger partial charge is 0.153 e. The van der Waals surface area contributed by atoms with E-state index in [1.54, 1.807) is 11.8 Å². The van der Waals surface area contributed by atoms with Crippen LogP contribution >= 0.6 is 11.8 Å². The van der Waals surface area contributed by atoms with Crippen molar-refractivity contribution in [3.8, 4) is 5.75 Å². The summed E-state index contributed by atoms with van der Waals surface area (Å²) in [7, 11) is 0. The maximum Gasteiger partial charge on any atom is 0.153 e. The number of ether oxygens (including phenoxy) is 1. The Morgan fingerprint density at radius 2 is 2.06 bits per heavy atom. The van der Waals surface area contributed by atoms with E-state index < -0.39 is 0 Å². The number of hydrogen-bond donors (Lipinski definition) is 1. The summed E-state index contributed by atoms with van der Waals surface area (Å²) in [6.07, 6.45) is 0. The minimum atomic E-state index is -0.213. The predicted molar refractivity (Wildman–Crippen MR) is 67.1 cm³/mol. The standard InChI is InChI=1S/C13H18O2S/c1-12(2,8-14)9-5-6-11-10(7-9)15-13(3,4)16-11/h5-7,14H,8H2,1-4H3. The maximum atomic E-state index is 9.35. The molecular weight excluding hydrogens is 220 g/mol. The summed E-state index contributed by atoms with van der Waals surface area (Å²) in [5.41, 5.74) is 0.905. The first kappa shape index (κ1) is 11.8. The molecule has 0 aromatic heterocycles. The lowest BCUT2D eigenvalue weighted by Gasteiger charge is -2.22. The molecule has 0 unspecified atom stereocenters. The fourth-order valence-electron chi connectivity index (χ4n) is 1.73. The first-order chi connectivity index (χ1) is 7.34. The molecule has 0 spiro atoms. The molecule has 2 nitrogen and oxygen atoms in total. The molecule has 3 heteroatoms. The molecule has 1 aliphatic heterocycles. The van der Waals surface area contributed by atoms with Crippen molar-refractivity contribution in [1.82, 2.24) is 0 Å². The van der Waals surface area contributed by atoms with E-state index >= 15 is 0 Å². The van der Waals surface area contributed by atoms with Crippen LogP contribution in [0, 0.1) is 0 Å². The molecule has 0 radical (unpaired) electrons. The first-order valence-electron chi connectivity index (χ1n) is 5.47. The molecule has 0 aliphatic carbocycles. The Morgan fingerprint density at radius 1 is 1.38 bits per heavy atom. The lowest BCUT2D eigenvalue weighted by molar-refractivity contribution is 0.209. The normalized spacial score (nSPS) is 18.1. The van der Waals surface area contributed by atoms with Gasteiger partial charge in [0.05, 0.1) is 11.5 Å². The van der Waals surface area contributed by atoms with Gasteiger partial charge < -0.3 is 9.84 Å². The molecule has 16 heavy (non-hydrogen) atoms. The fourth-order valence-corrected chi connectivity index (χ4v) is 2.73. The van der Waals surface area contributed by atoms with Crippen LogP contribution in [-0.4, -0.2) is 16.6 Å². The number of aliphatic hydroxyl groups excluding tert-OH is 1. The molecule has 1 heterocycles. The Labute approximate surface area is 101 Å². The summed E-state index contributed by atoms with van der Waals surface area (Å²) in [5, 5.41) is 9.35.